The average molecular weight is 494 g/mol. The van der Waals surface area contributed by atoms with Crippen LogP contribution in [0.2, 0.25) is 5.15 Å². The second-order valence-electron chi connectivity index (χ2n) is 8.43. The Bertz CT molecular complexity index is 1040. The van der Waals surface area contributed by atoms with Gasteiger partial charge in [0.1, 0.15) is 17.7 Å². The van der Waals surface area contributed by atoms with Gasteiger partial charge in [-0.15, -0.1) is 0 Å². The van der Waals surface area contributed by atoms with E-state index in [1.54, 1.807) is 20.8 Å². The molecule has 6 N–H and O–H groups in total. The minimum absolute atomic E-state index is 0.00512. The first-order valence-electron chi connectivity index (χ1n) is 10.2. The van der Waals surface area contributed by atoms with E-state index in [1.165, 1.54) is 17.8 Å². The third-order valence-electron chi connectivity index (χ3n) is 6.01. The number of rotatable bonds is 8. The molecule has 12 nitrogen and oxygen atoms in total. The second kappa shape index (κ2) is 8.77. The highest BCUT2D eigenvalue weighted by Crippen LogP contribution is 2.59. The topological polar surface area (TPSA) is 186 Å². The molecular formula is C18H29ClN5O7P. The lowest BCUT2D eigenvalue weighted by Gasteiger charge is -2.37. The number of aromatic nitrogens is 4. The Balaban J connectivity index is 1.86. The molecule has 7 atom stereocenters. The van der Waals surface area contributed by atoms with Crippen molar-refractivity contribution in [2.75, 3.05) is 5.73 Å². The van der Waals surface area contributed by atoms with Crippen molar-refractivity contribution in [1.82, 2.24) is 19.5 Å². The zero-order valence-electron chi connectivity index (χ0n) is 18.2. The number of aliphatic hydroxyl groups excluding tert-OH is 2. The SMILES string of the molecule is CCC(C)(C[C@H]1O[C@@H](n2cnc3c(Cl)nc(N)nc32)[C@H](O)[C@@H]1O)OP(=O)(O)[C@@](C)(O)CC. The van der Waals surface area contributed by atoms with Gasteiger partial charge in [-0.25, -0.2) is 4.98 Å². The molecule has 0 bridgehead atoms. The largest absolute Gasteiger partial charge is 0.388 e. The predicted molar refractivity (Wildman–Crippen MR) is 116 cm³/mol. The lowest BCUT2D eigenvalue weighted by atomic mass is 9.93. The van der Waals surface area contributed by atoms with Crippen molar-refractivity contribution in [1.29, 1.82) is 0 Å². The quantitative estimate of drug-likeness (QED) is 0.265. The maximum Gasteiger partial charge on any atom is 0.359 e. The first kappa shape index (κ1) is 25.3. The number of halogens is 1. The molecule has 0 aromatic carbocycles. The summed E-state index contributed by atoms with van der Waals surface area (Å²) in [5.74, 6) is -0.0949. The van der Waals surface area contributed by atoms with Crippen LogP contribution >= 0.6 is 19.2 Å². The highest BCUT2D eigenvalue weighted by molar-refractivity contribution is 7.54. The van der Waals surface area contributed by atoms with Crippen LogP contribution in [0.3, 0.4) is 0 Å². The van der Waals surface area contributed by atoms with Crippen LogP contribution in [0.15, 0.2) is 6.33 Å². The first-order chi connectivity index (χ1) is 14.7. The van der Waals surface area contributed by atoms with Crippen molar-refractivity contribution in [2.24, 2.45) is 0 Å². The predicted octanol–water partition coefficient (Wildman–Crippen LogP) is 1.56. The van der Waals surface area contributed by atoms with Gasteiger partial charge >= 0.3 is 7.60 Å². The summed E-state index contributed by atoms with van der Waals surface area (Å²) in [7, 11) is -4.44. The van der Waals surface area contributed by atoms with Gasteiger partial charge < -0.3 is 35.2 Å². The Morgan fingerprint density at radius 1 is 1.28 bits per heavy atom. The highest BCUT2D eigenvalue weighted by atomic mass is 35.5. The summed E-state index contributed by atoms with van der Waals surface area (Å²) in [6, 6.07) is 0. The van der Waals surface area contributed by atoms with Crippen molar-refractivity contribution >= 4 is 36.3 Å². The maximum atomic E-state index is 12.7. The van der Waals surface area contributed by atoms with Crippen molar-refractivity contribution in [3.05, 3.63) is 11.5 Å². The summed E-state index contributed by atoms with van der Waals surface area (Å²) in [4.78, 5) is 22.4. The van der Waals surface area contributed by atoms with Crippen LogP contribution in [-0.4, -0.2) is 69.0 Å². The van der Waals surface area contributed by atoms with Crippen LogP contribution in [0, 0.1) is 0 Å². The fraction of sp³-hybridized carbons (Fsp3) is 0.722. The number of imidazole rings is 1. The number of nitrogens with two attached hydrogens (primary N) is 1. The number of fused-ring (bicyclic) bond motifs is 1. The molecule has 0 radical (unpaired) electrons. The highest BCUT2D eigenvalue weighted by Gasteiger charge is 2.50. The number of nitrogen functional groups attached to an aromatic ring is 1. The molecule has 2 aromatic rings. The minimum Gasteiger partial charge on any atom is -0.388 e. The molecule has 2 unspecified atom stereocenters. The zero-order valence-corrected chi connectivity index (χ0v) is 19.9. The lowest BCUT2D eigenvalue weighted by molar-refractivity contribution is -0.0689. The van der Waals surface area contributed by atoms with Gasteiger partial charge in [-0.3, -0.25) is 9.13 Å². The maximum absolute atomic E-state index is 12.7. The summed E-state index contributed by atoms with van der Waals surface area (Å²) in [5, 5.41) is 29.7. The molecule has 0 amide bonds. The fourth-order valence-corrected chi connectivity index (χ4v) is 5.10. The lowest BCUT2D eigenvalue weighted by Crippen LogP contribution is -2.40. The molecule has 32 heavy (non-hydrogen) atoms. The van der Waals surface area contributed by atoms with E-state index in [2.05, 4.69) is 15.0 Å². The molecule has 1 fully saturated rings. The van der Waals surface area contributed by atoms with E-state index in [0.29, 0.717) is 0 Å². The number of nitrogens with zero attached hydrogens (tertiary/aromatic N) is 4. The normalized spacial score (nSPS) is 29.5. The molecule has 3 heterocycles. The van der Waals surface area contributed by atoms with Crippen molar-refractivity contribution in [3.8, 4) is 0 Å². The Morgan fingerprint density at radius 2 is 1.94 bits per heavy atom. The molecule has 3 rings (SSSR count). The third kappa shape index (κ3) is 4.51. The van der Waals surface area contributed by atoms with E-state index in [1.807, 2.05) is 0 Å². The van der Waals surface area contributed by atoms with Crippen molar-refractivity contribution < 1.29 is 34.0 Å². The summed E-state index contributed by atoms with van der Waals surface area (Å²) in [5.41, 5.74) is 4.89. The standard InChI is InChI=1S/C18H29ClN5O7P/c1-5-17(3,31-32(28,29)18(4,27)6-2)7-9-11(25)12(26)15(30-9)24-8-21-10-13(19)22-16(20)23-14(10)24/h8-9,11-12,15,25-27H,5-7H2,1-4H3,(H,28,29)(H2,20,22,23)/t9-,11-,12-,15-,17?,18-/m1/s1. The third-order valence-corrected chi connectivity index (χ3v) is 8.50. The zero-order chi connectivity index (χ0) is 24.1. The Kier molecular flexibility index (Phi) is 6.92. The number of hydrogen-bond acceptors (Lipinski definition) is 10. The van der Waals surface area contributed by atoms with Gasteiger partial charge in [0.2, 0.25) is 5.95 Å². The van der Waals surface area contributed by atoms with E-state index in [4.69, 9.17) is 26.6 Å². The number of anilines is 1. The first-order valence-corrected chi connectivity index (χ1v) is 12.1. The summed E-state index contributed by atoms with van der Waals surface area (Å²) >= 11 is 6.05. The second-order valence-corrected chi connectivity index (χ2v) is 11.0. The molecule has 180 valence electrons. The van der Waals surface area contributed by atoms with E-state index >= 15 is 0 Å². The van der Waals surface area contributed by atoms with Gasteiger partial charge in [-0.05, 0) is 26.7 Å². The van der Waals surface area contributed by atoms with Crippen molar-refractivity contribution in [2.45, 2.75) is 82.4 Å². The Labute approximate surface area is 189 Å². The smallest absolute Gasteiger partial charge is 0.359 e. The van der Waals surface area contributed by atoms with Gasteiger partial charge in [0.25, 0.3) is 0 Å². The van der Waals surface area contributed by atoms with Crippen LogP contribution in [0.1, 0.15) is 53.2 Å². The fourth-order valence-electron chi connectivity index (χ4n) is 3.48. The molecule has 2 aromatic heterocycles. The van der Waals surface area contributed by atoms with Crippen molar-refractivity contribution in [3.63, 3.8) is 0 Å². The molecular weight excluding hydrogens is 465 g/mol. The summed E-state index contributed by atoms with van der Waals surface area (Å²) in [6.45, 7) is 6.12. The number of ether oxygens (including phenoxy) is 1. The van der Waals surface area contributed by atoms with Crippen LogP contribution < -0.4 is 5.73 Å². The van der Waals surface area contributed by atoms with E-state index in [-0.39, 0.29) is 41.5 Å². The van der Waals surface area contributed by atoms with Gasteiger partial charge in [-0.2, -0.15) is 9.97 Å². The van der Waals surface area contributed by atoms with Crippen LogP contribution in [0.5, 0.6) is 0 Å². The van der Waals surface area contributed by atoms with Crippen LogP contribution in [-0.2, 0) is 13.8 Å². The monoisotopic (exact) mass is 493 g/mol. The molecule has 0 spiro atoms. The molecule has 1 saturated heterocycles. The molecule has 1 aliphatic rings. The number of aliphatic hydroxyl groups is 3. The van der Waals surface area contributed by atoms with Gasteiger partial charge in [0, 0.05) is 6.42 Å². The van der Waals surface area contributed by atoms with Gasteiger partial charge in [-0.1, -0.05) is 25.4 Å². The minimum atomic E-state index is -4.44. The van der Waals surface area contributed by atoms with E-state index < -0.39 is 43.1 Å². The Morgan fingerprint density at radius 3 is 2.53 bits per heavy atom. The summed E-state index contributed by atoms with van der Waals surface area (Å²) < 4.78 is 25.5. The van der Waals surface area contributed by atoms with Gasteiger partial charge in [0.15, 0.2) is 22.4 Å². The van der Waals surface area contributed by atoms with Crippen LogP contribution in [0.25, 0.3) is 11.2 Å². The molecule has 14 heteroatoms. The molecule has 0 aliphatic carbocycles. The van der Waals surface area contributed by atoms with E-state index in [9.17, 15) is 24.8 Å². The number of hydrogen-bond donors (Lipinski definition) is 5. The Hall–Kier alpha value is -1.37. The van der Waals surface area contributed by atoms with E-state index in [0.717, 1.165) is 0 Å². The van der Waals surface area contributed by atoms with Gasteiger partial charge in [0.05, 0.1) is 18.0 Å². The summed E-state index contributed by atoms with van der Waals surface area (Å²) in [6.07, 6.45) is -3.16. The molecule has 1 aliphatic heterocycles. The molecule has 0 saturated carbocycles. The van der Waals surface area contributed by atoms with Crippen LogP contribution in [0.4, 0.5) is 5.95 Å². The average Bonchev–Trinajstić information content (AvgIpc) is 3.23.